The third kappa shape index (κ3) is 4.34. The zero-order valence-electron chi connectivity index (χ0n) is 17.3. The predicted molar refractivity (Wildman–Crippen MR) is 115 cm³/mol. The van der Waals surface area contributed by atoms with Gasteiger partial charge in [0.1, 0.15) is 29.4 Å². The number of nitrogens with one attached hydrogen (secondary N) is 2. The second-order valence-electron chi connectivity index (χ2n) is 8.22. The number of aromatic nitrogens is 2. The summed E-state index contributed by atoms with van der Waals surface area (Å²) in [5, 5.41) is 9.97. The van der Waals surface area contributed by atoms with Crippen LogP contribution in [-0.4, -0.2) is 51.6 Å². The first kappa shape index (κ1) is 20.2. The fraction of sp³-hybridized carbons (Fsp3) is 0.292. The molecule has 7 nitrogen and oxygen atoms in total. The van der Waals surface area contributed by atoms with Gasteiger partial charge in [0, 0.05) is 18.0 Å². The Kier molecular flexibility index (Phi) is 5.34. The van der Waals surface area contributed by atoms with Crippen LogP contribution >= 0.6 is 0 Å². The number of likely N-dealkylation sites (tertiary alicyclic amines) is 1. The molecule has 164 valence electrons. The quantitative estimate of drug-likeness (QED) is 0.624. The number of benzene rings is 2. The van der Waals surface area contributed by atoms with Gasteiger partial charge in [-0.1, -0.05) is 18.2 Å². The number of hydrogen-bond acceptors (Lipinski definition) is 4. The second kappa shape index (κ2) is 8.45. The average molecular weight is 434 g/mol. The number of ether oxygens (including phenoxy) is 1. The number of para-hydroxylation sites is 1. The third-order valence-electron chi connectivity index (χ3n) is 5.74. The standard InChI is InChI=1S/C24H23FN4O3/c25-16-8-6-15(7-9-16)20-13-21(28-27-20)24(31)29-14-19(32-18-4-2-1-3-5-18)12-22(29)23(30)26-17-10-11-17/h1-9,13,17,19,22H,10-12,14H2,(H,26,30)(H,27,28)/t19-,22-/m0/s1. The van der Waals surface area contributed by atoms with Crippen molar-refractivity contribution in [3.63, 3.8) is 0 Å². The van der Waals surface area contributed by atoms with Crippen LogP contribution in [0.4, 0.5) is 4.39 Å². The van der Waals surface area contributed by atoms with E-state index in [9.17, 15) is 14.0 Å². The fourth-order valence-corrected chi connectivity index (χ4v) is 3.93. The van der Waals surface area contributed by atoms with E-state index >= 15 is 0 Å². The lowest BCUT2D eigenvalue weighted by Gasteiger charge is -2.22. The Bertz CT molecular complexity index is 1110. The Morgan fingerprint density at radius 2 is 1.84 bits per heavy atom. The van der Waals surface area contributed by atoms with Crippen LogP contribution in [0.1, 0.15) is 29.8 Å². The molecule has 5 rings (SSSR count). The number of H-pyrrole nitrogens is 1. The van der Waals surface area contributed by atoms with E-state index in [1.807, 2.05) is 30.3 Å². The molecule has 0 radical (unpaired) electrons. The molecule has 0 bridgehead atoms. The molecule has 1 aromatic heterocycles. The van der Waals surface area contributed by atoms with Crippen LogP contribution < -0.4 is 10.1 Å². The Hall–Kier alpha value is -3.68. The minimum absolute atomic E-state index is 0.154. The maximum atomic E-state index is 13.3. The van der Waals surface area contributed by atoms with Crippen LogP contribution in [0, 0.1) is 5.82 Å². The molecule has 8 heteroatoms. The van der Waals surface area contributed by atoms with Gasteiger partial charge < -0.3 is 15.0 Å². The number of amides is 2. The minimum Gasteiger partial charge on any atom is -0.488 e. The summed E-state index contributed by atoms with van der Waals surface area (Å²) in [5.41, 5.74) is 1.49. The molecule has 1 saturated heterocycles. The van der Waals surface area contributed by atoms with E-state index in [-0.39, 0.29) is 35.5 Å². The van der Waals surface area contributed by atoms with Gasteiger partial charge in [0.2, 0.25) is 5.91 Å². The molecule has 1 saturated carbocycles. The zero-order chi connectivity index (χ0) is 22.1. The second-order valence-corrected chi connectivity index (χ2v) is 8.22. The number of rotatable bonds is 6. The highest BCUT2D eigenvalue weighted by Crippen LogP contribution is 2.27. The van der Waals surface area contributed by atoms with Gasteiger partial charge >= 0.3 is 0 Å². The molecule has 2 heterocycles. The van der Waals surface area contributed by atoms with Crippen molar-refractivity contribution in [3.8, 4) is 17.0 Å². The summed E-state index contributed by atoms with van der Waals surface area (Å²) >= 11 is 0. The third-order valence-corrected chi connectivity index (χ3v) is 5.74. The Morgan fingerprint density at radius 1 is 1.09 bits per heavy atom. The first-order chi connectivity index (χ1) is 15.6. The summed E-state index contributed by atoms with van der Waals surface area (Å²) in [6.07, 6.45) is 2.06. The average Bonchev–Trinajstić information content (AvgIpc) is 3.31. The number of carbonyl (C=O) groups is 2. The van der Waals surface area contributed by atoms with Crippen molar-refractivity contribution in [1.82, 2.24) is 20.4 Å². The van der Waals surface area contributed by atoms with Crippen LogP contribution in [0.15, 0.2) is 60.7 Å². The van der Waals surface area contributed by atoms with Crippen LogP contribution in [0.2, 0.25) is 0 Å². The molecular weight excluding hydrogens is 411 g/mol. The van der Waals surface area contributed by atoms with E-state index in [4.69, 9.17) is 4.74 Å². The number of hydrogen-bond donors (Lipinski definition) is 2. The van der Waals surface area contributed by atoms with Crippen molar-refractivity contribution in [3.05, 3.63) is 72.2 Å². The van der Waals surface area contributed by atoms with Crippen molar-refractivity contribution in [2.45, 2.75) is 37.5 Å². The molecule has 1 aliphatic carbocycles. The van der Waals surface area contributed by atoms with Gasteiger partial charge in [-0.3, -0.25) is 14.7 Å². The van der Waals surface area contributed by atoms with Gasteiger partial charge in [0.05, 0.1) is 12.2 Å². The number of carbonyl (C=O) groups excluding carboxylic acids is 2. The Balaban J connectivity index is 1.35. The summed E-state index contributed by atoms with van der Waals surface area (Å²) < 4.78 is 19.3. The molecule has 2 fully saturated rings. The first-order valence-electron chi connectivity index (χ1n) is 10.7. The van der Waals surface area contributed by atoms with Crippen molar-refractivity contribution < 1.29 is 18.7 Å². The molecular formula is C24H23FN4O3. The number of halogens is 1. The molecule has 0 spiro atoms. The first-order valence-corrected chi connectivity index (χ1v) is 10.7. The monoisotopic (exact) mass is 434 g/mol. The Morgan fingerprint density at radius 3 is 2.56 bits per heavy atom. The van der Waals surface area contributed by atoms with E-state index < -0.39 is 6.04 Å². The van der Waals surface area contributed by atoms with Gasteiger partial charge in [-0.25, -0.2) is 4.39 Å². The smallest absolute Gasteiger partial charge is 0.272 e. The largest absolute Gasteiger partial charge is 0.488 e. The normalized spacial score (nSPS) is 20.2. The van der Waals surface area contributed by atoms with Gasteiger partial charge in [0.25, 0.3) is 5.91 Å². The highest BCUT2D eigenvalue weighted by molar-refractivity contribution is 5.97. The highest BCUT2D eigenvalue weighted by atomic mass is 19.1. The van der Waals surface area contributed by atoms with Crippen LogP contribution in [0.25, 0.3) is 11.3 Å². The number of aromatic amines is 1. The molecule has 2 aromatic carbocycles. The molecule has 2 amide bonds. The SMILES string of the molecule is O=C(NC1CC1)[C@@H]1C[C@H](Oc2ccccc2)CN1C(=O)c1cc(-c2ccc(F)cc2)n[nH]1. The zero-order valence-corrected chi connectivity index (χ0v) is 17.3. The van der Waals surface area contributed by atoms with Crippen molar-refractivity contribution in [2.24, 2.45) is 0 Å². The molecule has 2 N–H and O–H groups in total. The van der Waals surface area contributed by atoms with E-state index in [0.29, 0.717) is 30.0 Å². The molecule has 3 aromatic rings. The van der Waals surface area contributed by atoms with Crippen molar-refractivity contribution in [1.29, 1.82) is 0 Å². The van der Waals surface area contributed by atoms with Crippen molar-refractivity contribution in [2.75, 3.05) is 6.54 Å². The van der Waals surface area contributed by atoms with E-state index in [0.717, 1.165) is 12.8 Å². The van der Waals surface area contributed by atoms with Gasteiger partial charge in [-0.15, -0.1) is 0 Å². The predicted octanol–water partition coefficient (Wildman–Crippen LogP) is 3.16. The maximum absolute atomic E-state index is 13.3. The molecule has 1 aliphatic heterocycles. The Labute approximate surface area is 184 Å². The lowest BCUT2D eigenvalue weighted by Crippen LogP contribution is -2.46. The highest BCUT2D eigenvalue weighted by Gasteiger charge is 2.42. The summed E-state index contributed by atoms with van der Waals surface area (Å²) in [6.45, 7) is 0.293. The molecule has 32 heavy (non-hydrogen) atoms. The lowest BCUT2D eigenvalue weighted by molar-refractivity contribution is -0.125. The number of nitrogens with zero attached hydrogens (tertiary/aromatic N) is 2. The van der Waals surface area contributed by atoms with Crippen molar-refractivity contribution >= 4 is 11.8 Å². The van der Waals surface area contributed by atoms with Crippen LogP contribution in [0.3, 0.4) is 0 Å². The summed E-state index contributed by atoms with van der Waals surface area (Å²) in [4.78, 5) is 27.7. The summed E-state index contributed by atoms with van der Waals surface area (Å²) in [7, 11) is 0. The molecule has 2 aliphatic rings. The van der Waals surface area contributed by atoms with E-state index in [2.05, 4.69) is 15.5 Å². The van der Waals surface area contributed by atoms with E-state index in [1.165, 1.54) is 12.1 Å². The van der Waals surface area contributed by atoms with Gasteiger partial charge in [0.15, 0.2) is 0 Å². The minimum atomic E-state index is -0.616. The van der Waals surface area contributed by atoms with Gasteiger partial charge in [-0.2, -0.15) is 5.10 Å². The maximum Gasteiger partial charge on any atom is 0.272 e. The molecule has 0 unspecified atom stereocenters. The topological polar surface area (TPSA) is 87.3 Å². The van der Waals surface area contributed by atoms with Gasteiger partial charge in [-0.05, 0) is 55.3 Å². The van der Waals surface area contributed by atoms with E-state index in [1.54, 1.807) is 23.1 Å². The van der Waals surface area contributed by atoms with Crippen LogP contribution in [0.5, 0.6) is 5.75 Å². The summed E-state index contributed by atoms with van der Waals surface area (Å²) in [5.74, 6) is -0.112. The molecule has 2 atom stereocenters. The summed E-state index contributed by atoms with van der Waals surface area (Å²) in [6, 6.07) is 16.5. The fourth-order valence-electron chi connectivity index (χ4n) is 3.93. The lowest BCUT2D eigenvalue weighted by atomic mass is 10.1. The van der Waals surface area contributed by atoms with Crippen LogP contribution in [-0.2, 0) is 4.79 Å².